The molecule has 3 N–H and O–H groups in total. The average molecular weight is 372 g/mol. The molecule has 0 saturated carbocycles. The lowest BCUT2D eigenvalue weighted by atomic mass is 10.2. The topological polar surface area (TPSA) is 96.9 Å². The van der Waals surface area contributed by atoms with Gasteiger partial charge in [-0.1, -0.05) is 19.1 Å². The molecule has 2 aromatic carbocycles. The van der Waals surface area contributed by atoms with Crippen molar-refractivity contribution in [1.82, 2.24) is 5.32 Å². The molecule has 0 saturated heterocycles. The molecular formula is C20H24N2O5. The number of amides is 2. The number of rotatable bonds is 9. The molecule has 0 fully saturated rings. The van der Waals surface area contributed by atoms with E-state index in [0.29, 0.717) is 29.2 Å². The quantitative estimate of drug-likeness (QED) is 0.627. The lowest BCUT2D eigenvalue weighted by molar-refractivity contribution is -0.115. The monoisotopic (exact) mass is 372 g/mol. The van der Waals surface area contributed by atoms with Gasteiger partial charge >= 0.3 is 0 Å². The van der Waals surface area contributed by atoms with E-state index in [9.17, 15) is 14.7 Å². The fourth-order valence-electron chi connectivity index (χ4n) is 2.24. The summed E-state index contributed by atoms with van der Waals surface area (Å²) in [5.74, 6) is 0.755. The molecule has 144 valence electrons. The molecule has 0 aliphatic carbocycles. The number of methoxy groups -OCH3 is 1. The smallest absolute Gasteiger partial charge is 0.251 e. The van der Waals surface area contributed by atoms with Gasteiger partial charge in [0.1, 0.15) is 24.2 Å². The van der Waals surface area contributed by atoms with Crippen LogP contribution in [0, 0.1) is 0 Å². The van der Waals surface area contributed by atoms with Gasteiger partial charge in [-0.2, -0.15) is 0 Å². The third-order valence-corrected chi connectivity index (χ3v) is 3.71. The van der Waals surface area contributed by atoms with Crippen molar-refractivity contribution in [2.24, 2.45) is 0 Å². The van der Waals surface area contributed by atoms with Crippen LogP contribution in [0.2, 0.25) is 0 Å². The molecule has 2 amide bonds. The summed E-state index contributed by atoms with van der Waals surface area (Å²) < 4.78 is 10.6. The first-order valence-corrected chi connectivity index (χ1v) is 8.65. The summed E-state index contributed by atoms with van der Waals surface area (Å²) in [6.45, 7) is 1.81. The molecule has 27 heavy (non-hydrogen) atoms. The van der Waals surface area contributed by atoms with Crippen molar-refractivity contribution in [2.45, 2.75) is 19.4 Å². The van der Waals surface area contributed by atoms with Crippen LogP contribution in [-0.4, -0.2) is 43.3 Å². The van der Waals surface area contributed by atoms with E-state index in [2.05, 4.69) is 10.6 Å². The molecule has 7 heteroatoms. The van der Waals surface area contributed by atoms with Crippen molar-refractivity contribution in [3.63, 3.8) is 0 Å². The number of carbonyl (C=O) groups is 2. The van der Waals surface area contributed by atoms with Crippen LogP contribution in [0.3, 0.4) is 0 Å². The summed E-state index contributed by atoms with van der Waals surface area (Å²) in [7, 11) is 1.56. The van der Waals surface area contributed by atoms with Gasteiger partial charge < -0.3 is 25.2 Å². The van der Waals surface area contributed by atoms with E-state index in [4.69, 9.17) is 9.47 Å². The van der Waals surface area contributed by atoms with E-state index in [0.717, 1.165) is 0 Å². The van der Waals surface area contributed by atoms with Gasteiger partial charge in [-0.25, -0.2) is 0 Å². The normalized spacial score (nSPS) is 11.4. The highest BCUT2D eigenvalue weighted by atomic mass is 16.5. The maximum absolute atomic E-state index is 12.2. The Morgan fingerprint density at radius 3 is 2.59 bits per heavy atom. The van der Waals surface area contributed by atoms with E-state index in [1.807, 2.05) is 0 Å². The largest absolute Gasteiger partial charge is 0.497 e. The van der Waals surface area contributed by atoms with Gasteiger partial charge in [0.15, 0.2) is 0 Å². The van der Waals surface area contributed by atoms with Gasteiger partial charge in [0.2, 0.25) is 5.91 Å². The minimum Gasteiger partial charge on any atom is -0.497 e. The number of hydrogen-bond acceptors (Lipinski definition) is 5. The third-order valence-electron chi connectivity index (χ3n) is 3.71. The fourth-order valence-corrected chi connectivity index (χ4v) is 2.24. The van der Waals surface area contributed by atoms with Crippen LogP contribution in [-0.2, 0) is 4.79 Å². The number of anilines is 1. The molecule has 0 radical (unpaired) electrons. The predicted octanol–water partition coefficient (Wildman–Crippen LogP) is 2.21. The zero-order valence-corrected chi connectivity index (χ0v) is 15.4. The van der Waals surface area contributed by atoms with E-state index in [1.165, 1.54) is 0 Å². The minimum atomic E-state index is -0.872. The number of ether oxygens (including phenoxy) is 2. The van der Waals surface area contributed by atoms with E-state index >= 15 is 0 Å². The van der Waals surface area contributed by atoms with E-state index in [-0.39, 0.29) is 25.0 Å². The van der Waals surface area contributed by atoms with Crippen LogP contribution >= 0.6 is 0 Å². The minimum absolute atomic E-state index is 0.0278. The number of hydrogen-bond donors (Lipinski definition) is 3. The van der Waals surface area contributed by atoms with Crippen LogP contribution in [0.1, 0.15) is 23.7 Å². The van der Waals surface area contributed by atoms with Gasteiger partial charge in [-0.05, 0) is 30.3 Å². The number of nitrogens with one attached hydrogen (secondary N) is 2. The molecule has 0 bridgehead atoms. The van der Waals surface area contributed by atoms with E-state index in [1.54, 1.807) is 62.6 Å². The lowest BCUT2D eigenvalue weighted by Gasteiger charge is -2.14. The Morgan fingerprint density at radius 1 is 1.11 bits per heavy atom. The zero-order chi connectivity index (χ0) is 19.6. The fraction of sp³-hybridized carbons (Fsp3) is 0.300. The molecule has 0 heterocycles. The summed E-state index contributed by atoms with van der Waals surface area (Å²) >= 11 is 0. The number of benzene rings is 2. The second-order valence-electron chi connectivity index (χ2n) is 5.84. The Kier molecular flexibility index (Phi) is 7.63. The highest BCUT2D eigenvalue weighted by Crippen LogP contribution is 2.18. The van der Waals surface area contributed by atoms with Crippen LogP contribution in [0.4, 0.5) is 5.69 Å². The Hall–Kier alpha value is -3.06. The molecule has 2 aromatic rings. The van der Waals surface area contributed by atoms with E-state index < -0.39 is 6.10 Å². The van der Waals surface area contributed by atoms with Gasteiger partial charge in [-0.15, -0.1) is 0 Å². The summed E-state index contributed by atoms with van der Waals surface area (Å²) in [5, 5.41) is 15.4. The number of carbonyl (C=O) groups excluding carboxylic acids is 2. The summed E-state index contributed by atoms with van der Waals surface area (Å²) in [6.07, 6.45) is -0.515. The van der Waals surface area contributed by atoms with Crippen molar-refractivity contribution in [2.75, 3.05) is 25.6 Å². The molecule has 0 aliphatic rings. The van der Waals surface area contributed by atoms with Crippen molar-refractivity contribution < 1.29 is 24.2 Å². The SMILES string of the molecule is CCC(=O)Nc1cccc(C(=O)NC[C@H](O)COc2cccc(OC)c2)c1. The standard InChI is InChI=1S/C20H24N2O5/c1-3-19(24)22-15-7-4-6-14(10-15)20(25)21-12-16(23)13-27-18-9-5-8-17(11-18)26-2/h4-11,16,23H,3,12-13H2,1-2H3,(H,21,25)(H,22,24)/t16-/m0/s1. The molecule has 0 unspecified atom stereocenters. The molecule has 0 aromatic heterocycles. The summed E-state index contributed by atoms with van der Waals surface area (Å²) in [4.78, 5) is 23.7. The highest BCUT2D eigenvalue weighted by Gasteiger charge is 2.11. The Bertz CT molecular complexity index is 778. The molecule has 0 aliphatic heterocycles. The van der Waals surface area contributed by atoms with Crippen molar-refractivity contribution in [3.05, 3.63) is 54.1 Å². The van der Waals surface area contributed by atoms with Gasteiger partial charge in [0.05, 0.1) is 7.11 Å². The van der Waals surface area contributed by atoms with Crippen molar-refractivity contribution in [1.29, 1.82) is 0 Å². The first-order valence-electron chi connectivity index (χ1n) is 8.65. The Labute approximate surface area is 158 Å². The number of aliphatic hydroxyl groups is 1. The van der Waals surface area contributed by atoms with Crippen LogP contribution in [0.5, 0.6) is 11.5 Å². The maximum atomic E-state index is 12.2. The second-order valence-corrected chi connectivity index (χ2v) is 5.84. The highest BCUT2D eigenvalue weighted by molar-refractivity contribution is 5.97. The molecular weight excluding hydrogens is 348 g/mol. The van der Waals surface area contributed by atoms with Gasteiger partial charge in [0, 0.05) is 30.3 Å². The Morgan fingerprint density at radius 2 is 1.85 bits per heavy atom. The summed E-state index contributed by atoms with van der Waals surface area (Å²) in [5.41, 5.74) is 0.946. The van der Waals surface area contributed by atoms with Crippen molar-refractivity contribution in [3.8, 4) is 11.5 Å². The first kappa shape index (κ1) is 20.3. The average Bonchev–Trinajstić information content (AvgIpc) is 2.70. The third kappa shape index (κ3) is 6.63. The molecule has 0 spiro atoms. The Balaban J connectivity index is 1.82. The first-order chi connectivity index (χ1) is 13.0. The van der Waals surface area contributed by atoms with Crippen LogP contribution < -0.4 is 20.1 Å². The summed E-state index contributed by atoms with van der Waals surface area (Å²) in [6, 6.07) is 13.7. The van der Waals surface area contributed by atoms with Gasteiger partial charge in [-0.3, -0.25) is 9.59 Å². The zero-order valence-electron chi connectivity index (χ0n) is 15.4. The van der Waals surface area contributed by atoms with Crippen LogP contribution in [0.25, 0.3) is 0 Å². The lowest BCUT2D eigenvalue weighted by Crippen LogP contribution is -2.35. The molecule has 2 rings (SSSR count). The van der Waals surface area contributed by atoms with Gasteiger partial charge in [0.25, 0.3) is 5.91 Å². The molecule has 7 nitrogen and oxygen atoms in total. The number of aliphatic hydroxyl groups excluding tert-OH is 1. The predicted molar refractivity (Wildman–Crippen MR) is 102 cm³/mol. The maximum Gasteiger partial charge on any atom is 0.251 e. The van der Waals surface area contributed by atoms with Crippen molar-refractivity contribution >= 4 is 17.5 Å². The molecule has 1 atom stereocenters. The second kappa shape index (κ2) is 10.2. The van der Waals surface area contributed by atoms with Crippen LogP contribution in [0.15, 0.2) is 48.5 Å².